The molecule has 0 unspecified atom stereocenters. The van der Waals surface area contributed by atoms with Crippen molar-refractivity contribution in [2.45, 2.75) is 31.2 Å². The summed E-state index contributed by atoms with van der Waals surface area (Å²) in [6.07, 6.45) is 1.59. The molecule has 24 heavy (non-hydrogen) atoms. The zero-order chi connectivity index (χ0) is 17.3. The summed E-state index contributed by atoms with van der Waals surface area (Å²) in [6, 6.07) is 3.62. The molecule has 1 amide bonds. The molecule has 3 heterocycles. The molecule has 9 heteroatoms. The number of carbonyl (C=O) groups is 1. The number of rotatable bonds is 5. The minimum Gasteiger partial charge on any atom is -0.461 e. The van der Waals surface area contributed by atoms with E-state index in [9.17, 15) is 4.79 Å². The lowest BCUT2D eigenvalue weighted by molar-refractivity contribution is -0.115. The largest absolute Gasteiger partial charge is 0.461 e. The number of hydrogen-bond donors (Lipinski definition) is 1. The van der Waals surface area contributed by atoms with Crippen molar-refractivity contribution in [1.82, 2.24) is 19.7 Å². The molecule has 0 aromatic carbocycles. The van der Waals surface area contributed by atoms with Crippen LogP contribution in [0.5, 0.6) is 0 Å². The predicted octanol–water partition coefficient (Wildman–Crippen LogP) is 3.27. The van der Waals surface area contributed by atoms with Crippen molar-refractivity contribution in [2.24, 2.45) is 7.05 Å². The topological polar surface area (TPSA) is 85.8 Å². The number of furan rings is 1. The number of carbonyl (C=O) groups excluding carboxylic acids is 1. The number of thiazole rings is 1. The first-order valence-electron chi connectivity index (χ1n) is 7.30. The third-order valence-corrected chi connectivity index (χ3v) is 5.61. The van der Waals surface area contributed by atoms with Crippen LogP contribution in [0.15, 0.2) is 28.0 Å². The molecule has 1 atom stereocenters. The van der Waals surface area contributed by atoms with Crippen molar-refractivity contribution in [3.63, 3.8) is 0 Å². The molecule has 0 saturated heterocycles. The van der Waals surface area contributed by atoms with Crippen LogP contribution in [-0.2, 0) is 11.8 Å². The highest BCUT2D eigenvalue weighted by atomic mass is 32.2. The van der Waals surface area contributed by atoms with Crippen molar-refractivity contribution in [2.75, 3.05) is 5.32 Å². The number of aryl methyl sites for hydroxylation is 2. The Morgan fingerprint density at radius 2 is 2.21 bits per heavy atom. The Balaban J connectivity index is 1.68. The summed E-state index contributed by atoms with van der Waals surface area (Å²) in [7, 11) is 1.85. The first-order valence-corrected chi connectivity index (χ1v) is 9.00. The van der Waals surface area contributed by atoms with Gasteiger partial charge >= 0.3 is 0 Å². The van der Waals surface area contributed by atoms with Gasteiger partial charge in [0.25, 0.3) is 0 Å². The Bertz CT molecular complexity index is 834. The van der Waals surface area contributed by atoms with E-state index in [2.05, 4.69) is 20.5 Å². The molecule has 0 aliphatic rings. The molecule has 0 aliphatic carbocycles. The summed E-state index contributed by atoms with van der Waals surface area (Å²) < 4.78 is 7.15. The molecular weight excluding hydrogens is 346 g/mol. The van der Waals surface area contributed by atoms with E-state index in [0.29, 0.717) is 21.9 Å². The van der Waals surface area contributed by atoms with Crippen molar-refractivity contribution in [3.8, 4) is 11.6 Å². The Hall–Kier alpha value is -2.13. The zero-order valence-corrected chi connectivity index (χ0v) is 15.4. The van der Waals surface area contributed by atoms with Crippen LogP contribution >= 0.6 is 23.1 Å². The molecule has 1 N–H and O–H groups in total. The normalized spacial score (nSPS) is 12.3. The minimum absolute atomic E-state index is 0.115. The quantitative estimate of drug-likeness (QED) is 0.700. The minimum atomic E-state index is -0.332. The highest BCUT2D eigenvalue weighted by Gasteiger charge is 2.21. The van der Waals surface area contributed by atoms with Crippen LogP contribution in [0.2, 0.25) is 0 Å². The van der Waals surface area contributed by atoms with Crippen molar-refractivity contribution >= 4 is 34.1 Å². The number of thioether (sulfide) groups is 1. The second-order valence-electron chi connectivity index (χ2n) is 5.25. The van der Waals surface area contributed by atoms with E-state index < -0.39 is 0 Å². The van der Waals surface area contributed by atoms with Gasteiger partial charge < -0.3 is 14.3 Å². The van der Waals surface area contributed by atoms with Crippen LogP contribution in [0.4, 0.5) is 5.13 Å². The van der Waals surface area contributed by atoms with E-state index in [0.717, 1.165) is 10.6 Å². The van der Waals surface area contributed by atoms with Crippen LogP contribution < -0.4 is 5.32 Å². The maximum atomic E-state index is 12.3. The lowest BCUT2D eigenvalue weighted by Gasteiger charge is -2.09. The van der Waals surface area contributed by atoms with Gasteiger partial charge in [-0.3, -0.25) is 4.79 Å². The van der Waals surface area contributed by atoms with Crippen LogP contribution in [0.25, 0.3) is 11.6 Å². The molecule has 7 nitrogen and oxygen atoms in total. The fourth-order valence-corrected chi connectivity index (χ4v) is 3.62. The molecule has 0 spiro atoms. The number of nitrogens with one attached hydrogen (secondary N) is 1. The first-order chi connectivity index (χ1) is 11.5. The summed E-state index contributed by atoms with van der Waals surface area (Å²) in [4.78, 5) is 17.8. The number of nitrogens with zero attached hydrogens (tertiary/aromatic N) is 4. The number of hydrogen-bond acceptors (Lipinski definition) is 7. The fraction of sp³-hybridized carbons (Fsp3) is 0.333. The Labute approximate surface area is 147 Å². The van der Waals surface area contributed by atoms with Crippen molar-refractivity contribution in [1.29, 1.82) is 0 Å². The Morgan fingerprint density at radius 1 is 1.42 bits per heavy atom. The zero-order valence-electron chi connectivity index (χ0n) is 13.7. The molecule has 3 rings (SSSR count). The highest BCUT2D eigenvalue weighted by Crippen LogP contribution is 2.27. The second-order valence-corrected chi connectivity index (χ2v) is 7.76. The Kier molecular flexibility index (Phi) is 4.72. The third kappa shape index (κ3) is 3.36. The smallest absolute Gasteiger partial charge is 0.239 e. The standard InChI is InChI=1S/C15H17N5O2S2/c1-8-9(2)23-14(16-8)17-13(21)10(3)24-15-19-18-12(20(15)4)11-6-5-7-22-11/h5-7,10H,1-4H3,(H,16,17,21)/t10-/m0/s1. The molecular formula is C15H17N5O2S2. The van der Waals surface area contributed by atoms with Crippen LogP contribution in [-0.4, -0.2) is 30.9 Å². The van der Waals surface area contributed by atoms with E-state index in [-0.39, 0.29) is 11.2 Å². The van der Waals surface area contributed by atoms with Crippen molar-refractivity contribution in [3.05, 3.63) is 29.0 Å². The number of anilines is 1. The summed E-state index contributed by atoms with van der Waals surface area (Å²) in [5.74, 6) is 1.15. The highest BCUT2D eigenvalue weighted by molar-refractivity contribution is 8.00. The van der Waals surface area contributed by atoms with E-state index in [1.54, 1.807) is 12.3 Å². The molecule has 3 aromatic heterocycles. The van der Waals surface area contributed by atoms with Crippen molar-refractivity contribution < 1.29 is 9.21 Å². The first kappa shape index (κ1) is 16.7. The Morgan fingerprint density at radius 3 is 2.83 bits per heavy atom. The lowest BCUT2D eigenvalue weighted by Crippen LogP contribution is -2.22. The molecule has 0 fully saturated rings. The maximum absolute atomic E-state index is 12.3. The van der Waals surface area contributed by atoms with Crippen LogP contribution in [0.3, 0.4) is 0 Å². The lowest BCUT2D eigenvalue weighted by atomic mass is 10.4. The van der Waals surface area contributed by atoms with Gasteiger partial charge in [0.15, 0.2) is 21.9 Å². The molecule has 126 valence electrons. The van der Waals surface area contributed by atoms with Gasteiger partial charge in [-0.1, -0.05) is 11.8 Å². The van der Waals surface area contributed by atoms with Crippen LogP contribution in [0, 0.1) is 13.8 Å². The van der Waals surface area contributed by atoms with Gasteiger partial charge in [0.05, 0.1) is 17.2 Å². The van der Waals surface area contributed by atoms with Gasteiger partial charge in [-0.25, -0.2) is 4.98 Å². The molecule has 3 aromatic rings. The monoisotopic (exact) mass is 363 g/mol. The summed E-state index contributed by atoms with van der Waals surface area (Å²) in [5.41, 5.74) is 0.937. The number of aromatic nitrogens is 4. The molecule has 0 saturated carbocycles. The average Bonchev–Trinajstić information content (AvgIpc) is 3.23. The summed E-state index contributed by atoms with van der Waals surface area (Å²) in [6.45, 7) is 5.74. The average molecular weight is 363 g/mol. The van der Waals surface area contributed by atoms with E-state index in [1.165, 1.54) is 23.1 Å². The van der Waals surface area contributed by atoms with E-state index >= 15 is 0 Å². The third-order valence-electron chi connectivity index (χ3n) is 3.49. The van der Waals surface area contributed by atoms with Gasteiger partial charge in [-0.05, 0) is 32.9 Å². The SMILES string of the molecule is Cc1nc(NC(=O)[C@H](C)Sc2nnc(-c3ccco3)n2C)sc1C. The van der Waals surface area contributed by atoms with E-state index in [1.807, 2.05) is 38.5 Å². The van der Waals surface area contributed by atoms with Gasteiger partial charge in [-0.15, -0.1) is 21.5 Å². The summed E-state index contributed by atoms with van der Waals surface area (Å²) in [5, 5.41) is 12.1. The number of amides is 1. The van der Waals surface area contributed by atoms with E-state index in [4.69, 9.17) is 4.42 Å². The predicted molar refractivity (Wildman–Crippen MR) is 94.2 cm³/mol. The maximum Gasteiger partial charge on any atom is 0.239 e. The van der Waals surface area contributed by atoms with Gasteiger partial charge in [0, 0.05) is 11.9 Å². The molecule has 0 radical (unpaired) electrons. The molecule has 0 bridgehead atoms. The van der Waals surface area contributed by atoms with Crippen LogP contribution in [0.1, 0.15) is 17.5 Å². The van der Waals surface area contributed by atoms with Gasteiger partial charge in [0.1, 0.15) is 0 Å². The molecule has 0 aliphatic heterocycles. The summed E-state index contributed by atoms with van der Waals surface area (Å²) >= 11 is 2.81. The fourth-order valence-electron chi connectivity index (χ4n) is 1.98. The van der Waals surface area contributed by atoms with Gasteiger partial charge in [-0.2, -0.15) is 0 Å². The van der Waals surface area contributed by atoms with Gasteiger partial charge in [0.2, 0.25) is 5.91 Å². The second kappa shape index (κ2) is 6.78.